The Bertz CT molecular complexity index is 1240. The first-order chi connectivity index (χ1) is 16.7. The van der Waals surface area contributed by atoms with Gasteiger partial charge in [0.25, 0.3) is 5.91 Å². The molecule has 1 aliphatic heterocycles. The summed E-state index contributed by atoms with van der Waals surface area (Å²) < 4.78 is 28.4. The lowest BCUT2D eigenvalue weighted by atomic mass is 10.1. The van der Waals surface area contributed by atoms with Crippen LogP contribution in [0.2, 0.25) is 0 Å². The molecule has 3 aromatic rings. The summed E-state index contributed by atoms with van der Waals surface area (Å²) in [6.45, 7) is 3.60. The number of pyridine rings is 1. The third kappa shape index (κ3) is 5.46. The molecule has 0 aliphatic carbocycles. The minimum Gasteiger partial charge on any atom is -0.465 e. The van der Waals surface area contributed by atoms with Gasteiger partial charge in [0.2, 0.25) is 0 Å². The van der Waals surface area contributed by atoms with E-state index >= 15 is 0 Å². The molecule has 2 heterocycles. The van der Waals surface area contributed by atoms with E-state index in [4.69, 9.17) is 0 Å². The molecule has 9 heteroatoms. The van der Waals surface area contributed by atoms with Crippen molar-refractivity contribution in [3.63, 3.8) is 0 Å². The fourth-order valence-corrected chi connectivity index (χ4v) is 4.22. The second kappa shape index (κ2) is 10.2. The number of carbonyl (C=O) groups is 2. The Hall–Kier alpha value is -3.85. The average Bonchev–Trinajstić information content (AvgIpc) is 2.84. The highest BCUT2D eigenvalue weighted by Crippen LogP contribution is 2.23. The van der Waals surface area contributed by atoms with E-state index in [-0.39, 0.29) is 17.8 Å². The Morgan fingerprint density at radius 2 is 1.91 bits per heavy atom. The summed E-state index contributed by atoms with van der Waals surface area (Å²) in [6.07, 6.45) is 0.473. The summed E-state index contributed by atoms with van der Waals surface area (Å²) in [6, 6.07) is 13.8. The third-order valence-corrected chi connectivity index (χ3v) is 6.21. The Labute approximate surface area is 202 Å². The van der Waals surface area contributed by atoms with Gasteiger partial charge in [0.15, 0.2) is 0 Å². The molecule has 1 aromatic heterocycles. The smallest absolute Gasteiger partial charge is 0.407 e. The molecule has 0 spiro atoms. The van der Waals surface area contributed by atoms with E-state index in [9.17, 15) is 23.5 Å². The van der Waals surface area contributed by atoms with Crippen LogP contribution in [0.4, 0.5) is 19.3 Å². The molecular formula is C26H26F2N4O3. The van der Waals surface area contributed by atoms with Gasteiger partial charge in [-0.1, -0.05) is 18.2 Å². The highest BCUT2D eigenvalue weighted by Gasteiger charge is 2.27. The molecule has 1 atom stereocenters. The summed E-state index contributed by atoms with van der Waals surface area (Å²) in [4.78, 5) is 33.2. The molecule has 1 N–H and O–H groups in total. The van der Waals surface area contributed by atoms with Crippen molar-refractivity contribution in [2.75, 3.05) is 31.6 Å². The lowest BCUT2D eigenvalue weighted by Gasteiger charge is -2.38. The first-order valence-corrected chi connectivity index (χ1v) is 11.2. The molecule has 1 saturated heterocycles. The molecule has 0 unspecified atom stereocenters. The Balaban J connectivity index is 1.42. The second-order valence-corrected chi connectivity index (χ2v) is 8.64. The number of carboxylic acid groups (broad SMARTS) is 1. The Kier molecular flexibility index (Phi) is 7.07. The number of hydrogen-bond acceptors (Lipinski definition) is 4. The summed E-state index contributed by atoms with van der Waals surface area (Å²) in [5, 5.41) is 9.21. The molecule has 1 fully saturated rings. The predicted molar refractivity (Wildman–Crippen MR) is 128 cm³/mol. The summed E-state index contributed by atoms with van der Waals surface area (Å²) in [5.74, 6) is -1.16. The molecule has 0 bridgehead atoms. The Morgan fingerprint density at radius 1 is 1.11 bits per heavy atom. The number of halogens is 2. The van der Waals surface area contributed by atoms with Crippen molar-refractivity contribution in [1.82, 2.24) is 14.8 Å². The predicted octanol–water partition coefficient (Wildman–Crippen LogP) is 4.49. The van der Waals surface area contributed by atoms with E-state index in [1.54, 1.807) is 43.4 Å². The molecule has 0 saturated carbocycles. The topological polar surface area (TPSA) is 77.0 Å². The Morgan fingerprint density at radius 3 is 2.54 bits per heavy atom. The fraction of sp³-hybridized carbons (Fsp3) is 0.269. The number of aromatic nitrogens is 1. The quantitative estimate of drug-likeness (QED) is 0.583. The van der Waals surface area contributed by atoms with Crippen LogP contribution >= 0.6 is 0 Å². The van der Waals surface area contributed by atoms with Gasteiger partial charge in [0.05, 0.1) is 11.3 Å². The number of carbonyl (C=O) groups excluding carboxylic acids is 1. The zero-order valence-electron chi connectivity index (χ0n) is 19.5. The van der Waals surface area contributed by atoms with E-state index in [1.165, 1.54) is 34.2 Å². The number of hydrogen-bond donors (Lipinski definition) is 1. The van der Waals surface area contributed by atoms with Crippen LogP contribution in [0.1, 0.15) is 22.8 Å². The van der Waals surface area contributed by atoms with Gasteiger partial charge < -0.3 is 14.9 Å². The maximum absolute atomic E-state index is 14.9. The number of benzene rings is 2. The first kappa shape index (κ1) is 24.3. The maximum atomic E-state index is 14.9. The van der Waals surface area contributed by atoms with Crippen LogP contribution in [0, 0.1) is 11.6 Å². The van der Waals surface area contributed by atoms with Crippen molar-refractivity contribution in [3.8, 4) is 11.3 Å². The summed E-state index contributed by atoms with van der Waals surface area (Å²) in [5.41, 5.74) is 2.34. The lowest BCUT2D eigenvalue weighted by molar-refractivity contribution is 0.0706. The van der Waals surface area contributed by atoms with Crippen molar-refractivity contribution in [2.24, 2.45) is 0 Å². The van der Waals surface area contributed by atoms with Crippen LogP contribution in [0.5, 0.6) is 0 Å². The van der Waals surface area contributed by atoms with Crippen LogP contribution in [0.3, 0.4) is 0 Å². The van der Waals surface area contributed by atoms with E-state index in [2.05, 4.69) is 4.98 Å². The zero-order chi connectivity index (χ0) is 25.1. The van der Waals surface area contributed by atoms with Gasteiger partial charge >= 0.3 is 6.09 Å². The number of amides is 2. The van der Waals surface area contributed by atoms with Gasteiger partial charge in [0.1, 0.15) is 11.6 Å². The molecule has 4 rings (SSSR count). The van der Waals surface area contributed by atoms with Crippen molar-refractivity contribution < 1.29 is 23.5 Å². The maximum Gasteiger partial charge on any atom is 0.407 e. The number of piperazine rings is 1. The van der Waals surface area contributed by atoms with Crippen LogP contribution < -0.4 is 4.90 Å². The lowest BCUT2D eigenvalue weighted by Crippen LogP contribution is -2.53. The van der Waals surface area contributed by atoms with Crippen LogP contribution in [-0.2, 0) is 6.54 Å². The van der Waals surface area contributed by atoms with Gasteiger partial charge in [-0.3, -0.25) is 14.7 Å². The second-order valence-electron chi connectivity index (χ2n) is 8.64. The van der Waals surface area contributed by atoms with Gasteiger partial charge in [0, 0.05) is 62.3 Å². The fourth-order valence-electron chi connectivity index (χ4n) is 4.22. The van der Waals surface area contributed by atoms with E-state index in [1.807, 2.05) is 11.8 Å². The summed E-state index contributed by atoms with van der Waals surface area (Å²) >= 11 is 0. The molecule has 35 heavy (non-hydrogen) atoms. The standard InChI is InChI=1S/C26H26F2N4O3/c1-17-15-31(10-11-32(17)26(34)35)16-20-6-8-22(13-23(20)28)30(2)25(33)19-7-9-24(29-14-19)18-4-3-5-21(27)12-18/h3-9,12-14,17H,10-11,15-16H2,1-2H3,(H,34,35)/t17-/m0/s1. The van der Waals surface area contributed by atoms with Gasteiger partial charge in [-0.05, 0) is 43.3 Å². The number of nitrogens with zero attached hydrogens (tertiary/aromatic N) is 4. The molecule has 7 nitrogen and oxygen atoms in total. The molecular weight excluding hydrogens is 454 g/mol. The first-order valence-electron chi connectivity index (χ1n) is 11.2. The van der Waals surface area contributed by atoms with Gasteiger partial charge in [-0.15, -0.1) is 0 Å². The van der Waals surface area contributed by atoms with Crippen LogP contribution in [0.15, 0.2) is 60.8 Å². The highest BCUT2D eigenvalue weighted by atomic mass is 19.1. The number of rotatable bonds is 5. The van der Waals surface area contributed by atoms with Crippen molar-refractivity contribution >= 4 is 17.7 Å². The van der Waals surface area contributed by atoms with E-state index < -0.39 is 11.9 Å². The zero-order valence-corrected chi connectivity index (χ0v) is 19.5. The minimum atomic E-state index is -0.945. The molecule has 182 valence electrons. The minimum absolute atomic E-state index is 0.173. The van der Waals surface area contributed by atoms with Crippen molar-refractivity contribution in [1.29, 1.82) is 0 Å². The highest BCUT2D eigenvalue weighted by molar-refractivity contribution is 6.05. The van der Waals surface area contributed by atoms with Crippen molar-refractivity contribution in [2.45, 2.75) is 19.5 Å². The largest absolute Gasteiger partial charge is 0.465 e. The normalized spacial score (nSPS) is 16.2. The van der Waals surface area contributed by atoms with Gasteiger partial charge in [-0.25, -0.2) is 13.6 Å². The molecule has 2 aromatic carbocycles. The monoisotopic (exact) mass is 480 g/mol. The van der Waals surface area contributed by atoms with E-state index in [0.29, 0.717) is 54.3 Å². The SMILES string of the molecule is C[C@H]1CN(Cc2ccc(N(C)C(=O)c3ccc(-c4cccc(F)c4)nc3)cc2F)CCN1C(=O)O. The third-order valence-electron chi connectivity index (χ3n) is 6.21. The molecule has 1 aliphatic rings. The molecule has 0 radical (unpaired) electrons. The van der Waals surface area contributed by atoms with Crippen LogP contribution in [0.25, 0.3) is 11.3 Å². The van der Waals surface area contributed by atoms with Crippen LogP contribution in [-0.4, -0.2) is 64.6 Å². The van der Waals surface area contributed by atoms with Gasteiger partial charge in [-0.2, -0.15) is 0 Å². The summed E-state index contributed by atoms with van der Waals surface area (Å²) in [7, 11) is 1.56. The average molecular weight is 481 g/mol. The van der Waals surface area contributed by atoms with E-state index in [0.717, 1.165) is 0 Å². The molecule has 2 amide bonds. The number of anilines is 1. The van der Waals surface area contributed by atoms with Crippen molar-refractivity contribution in [3.05, 3.63) is 83.6 Å².